The molecule has 4 aromatic rings. The minimum atomic E-state index is -4.51. The summed E-state index contributed by atoms with van der Waals surface area (Å²) in [5, 5.41) is 2.62. The highest BCUT2D eigenvalue weighted by molar-refractivity contribution is 6.04. The number of fused-ring (bicyclic) bond motifs is 1. The number of nitrogens with zero attached hydrogens (tertiary/aromatic N) is 3. The Morgan fingerprint density at radius 2 is 1.82 bits per heavy atom. The molecule has 5 rings (SSSR count). The number of amides is 1. The van der Waals surface area contributed by atoms with E-state index in [1.807, 2.05) is 41.6 Å². The zero-order valence-electron chi connectivity index (χ0n) is 21.2. The van der Waals surface area contributed by atoms with Gasteiger partial charge in [-0.15, -0.1) is 0 Å². The summed E-state index contributed by atoms with van der Waals surface area (Å²) in [6.45, 7) is 3.73. The molecule has 1 N–H and O–H groups in total. The van der Waals surface area contributed by atoms with Gasteiger partial charge in [0.15, 0.2) is 0 Å². The van der Waals surface area contributed by atoms with Crippen LogP contribution in [0.15, 0.2) is 60.9 Å². The molecule has 5 nitrogen and oxygen atoms in total. The number of rotatable bonds is 4. The fraction of sp³-hybridized carbons (Fsp3) is 0.267. The van der Waals surface area contributed by atoms with Gasteiger partial charge in [-0.1, -0.05) is 24.0 Å². The van der Waals surface area contributed by atoms with Crippen LogP contribution in [0.1, 0.15) is 51.0 Å². The van der Waals surface area contributed by atoms with E-state index < -0.39 is 17.6 Å². The lowest BCUT2D eigenvalue weighted by Crippen LogP contribution is -2.21. The Morgan fingerprint density at radius 1 is 1.03 bits per heavy atom. The number of benzene rings is 3. The minimum absolute atomic E-state index is 0.101. The van der Waals surface area contributed by atoms with Crippen LogP contribution < -0.4 is 5.32 Å². The third-order valence-electron chi connectivity index (χ3n) is 6.83. The molecule has 0 radical (unpaired) electrons. The molecule has 0 bridgehead atoms. The highest BCUT2D eigenvalue weighted by atomic mass is 19.4. The van der Waals surface area contributed by atoms with Crippen LogP contribution in [-0.4, -0.2) is 33.4 Å². The summed E-state index contributed by atoms with van der Waals surface area (Å²) in [4.78, 5) is 19.3. The van der Waals surface area contributed by atoms with Gasteiger partial charge in [0.2, 0.25) is 0 Å². The van der Waals surface area contributed by atoms with Crippen molar-refractivity contribution in [3.63, 3.8) is 0 Å². The van der Waals surface area contributed by atoms with Gasteiger partial charge in [0.05, 0.1) is 22.9 Å². The molecule has 0 spiro atoms. The molecule has 1 aliphatic heterocycles. The van der Waals surface area contributed by atoms with Gasteiger partial charge >= 0.3 is 6.18 Å². The molecule has 0 saturated carbocycles. The lowest BCUT2D eigenvalue weighted by molar-refractivity contribution is -0.138. The first kappa shape index (κ1) is 25.6. The van der Waals surface area contributed by atoms with E-state index in [1.54, 1.807) is 24.5 Å². The van der Waals surface area contributed by atoms with Gasteiger partial charge in [-0.2, -0.15) is 13.2 Å². The molecule has 38 heavy (non-hydrogen) atoms. The van der Waals surface area contributed by atoms with E-state index in [4.69, 9.17) is 0 Å². The van der Waals surface area contributed by atoms with Crippen LogP contribution in [0, 0.1) is 18.8 Å². The molecule has 0 aliphatic carbocycles. The fourth-order valence-corrected chi connectivity index (χ4v) is 4.69. The molecule has 194 valence electrons. The molecule has 0 unspecified atom stereocenters. The number of nitrogens with one attached hydrogen (secondary N) is 1. The van der Waals surface area contributed by atoms with Crippen LogP contribution in [0.4, 0.5) is 18.9 Å². The molecule has 0 atom stereocenters. The molecular formula is C30H27F3N4O. The minimum Gasteiger partial charge on any atom is -0.334 e. The van der Waals surface area contributed by atoms with Crippen molar-refractivity contribution >= 4 is 22.6 Å². The van der Waals surface area contributed by atoms with E-state index >= 15 is 0 Å². The van der Waals surface area contributed by atoms with E-state index in [2.05, 4.69) is 22.1 Å². The predicted octanol–water partition coefficient (Wildman–Crippen LogP) is 6.15. The molecule has 1 fully saturated rings. The standard InChI is InChI=1S/C30H27F3N4O/c1-20-5-8-23(16-22(20)9-6-21-7-12-28-27(15-21)34-19-36(28)2)29(38)35-25-11-10-24(18-37-13-3-4-14-37)26(17-25)30(31,32)33/h5,7-8,10-12,15-17,19H,3-4,13-14,18H2,1-2H3,(H,35,38). The molecule has 1 saturated heterocycles. The van der Waals surface area contributed by atoms with Crippen LogP contribution in [0.2, 0.25) is 0 Å². The van der Waals surface area contributed by atoms with Gasteiger partial charge in [0, 0.05) is 36.0 Å². The summed E-state index contributed by atoms with van der Waals surface area (Å²) < 4.78 is 43.4. The van der Waals surface area contributed by atoms with E-state index in [0.717, 1.165) is 54.2 Å². The molecule has 1 aliphatic rings. The van der Waals surface area contributed by atoms with Crippen molar-refractivity contribution < 1.29 is 18.0 Å². The number of imidazole rings is 1. The first-order valence-corrected chi connectivity index (χ1v) is 12.4. The zero-order chi connectivity index (χ0) is 26.9. The molecule has 2 heterocycles. The molecule has 3 aromatic carbocycles. The third kappa shape index (κ3) is 5.58. The number of likely N-dealkylation sites (tertiary alicyclic amines) is 1. The van der Waals surface area contributed by atoms with E-state index in [1.165, 1.54) is 12.1 Å². The molecule has 8 heteroatoms. The lowest BCUT2D eigenvalue weighted by Gasteiger charge is -2.20. The van der Waals surface area contributed by atoms with Gasteiger partial charge in [0.25, 0.3) is 5.91 Å². The number of hydrogen-bond donors (Lipinski definition) is 1. The van der Waals surface area contributed by atoms with Crippen molar-refractivity contribution in [3.8, 4) is 11.8 Å². The van der Waals surface area contributed by atoms with Crippen molar-refractivity contribution in [1.29, 1.82) is 0 Å². The van der Waals surface area contributed by atoms with Crippen molar-refractivity contribution in [3.05, 3.63) is 94.3 Å². The number of aromatic nitrogens is 2. The third-order valence-corrected chi connectivity index (χ3v) is 6.83. The lowest BCUT2D eigenvalue weighted by atomic mass is 10.0. The largest absolute Gasteiger partial charge is 0.416 e. The number of carbonyl (C=O) groups excluding carboxylic acids is 1. The topological polar surface area (TPSA) is 50.2 Å². The number of alkyl halides is 3. The summed E-state index contributed by atoms with van der Waals surface area (Å²) in [5.74, 6) is 5.73. The molecule has 1 aromatic heterocycles. The van der Waals surface area contributed by atoms with Gasteiger partial charge < -0.3 is 9.88 Å². The van der Waals surface area contributed by atoms with Gasteiger partial charge in [-0.25, -0.2) is 4.98 Å². The van der Waals surface area contributed by atoms with Crippen molar-refractivity contribution in [1.82, 2.24) is 14.5 Å². The van der Waals surface area contributed by atoms with E-state index in [9.17, 15) is 18.0 Å². The van der Waals surface area contributed by atoms with Gasteiger partial charge in [0.1, 0.15) is 0 Å². The Morgan fingerprint density at radius 3 is 2.58 bits per heavy atom. The summed E-state index contributed by atoms with van der Waals surface area (Å²) in [6, 6.07) is 14.9. The molecule has 1 amide bonds. The summed E-state index contributed by atoms with van der Waals surface area (Å²) in [6.07, 6.45) is -0.774. The molecular weight excluding hydrogens is 489 g/mol. The number of halogens is 3. The summed E-state index contributed by atoms with van der Waals surface area (Å²) in [7, 11) is 1.92. The Bertz CT molecular complexity index is 1570. The normalized spacial score (nSPS) is 13.9. The number of carbonyl (C=O) groups is 1. The van der Waals surface area contributed by atoms with E-state index in [0.29, 0.717) is 11.1 Å². The fourth-order valence-electron chi connectivity index (χ4n) is 4.69. The van der Waals surface area contributed by atoms with Crippen LogP contribution in [0.3, 0.4) is 0 Å². The quantitative estimate of drug-likeness (QED) is 0.331. The van der Waals surface area contributed by atoms with Crippen LogP contribution in [0.5, 0.6) is 0 Å². The van der Waals surface area contributed by atoms with Crippen molar-refractivity contribution in [2.45, 2.75) is 32.5 Å². The SMILES string of the molecule is Cc1ccc(C(=O)Nc2ccc(CN3CCCC3)c(C(F)(F)F)c2)cc1C#Cc1ccc2c(c1)ncn2C. The first-order valence-electron chi connectivity index (χ1n) is 12.4. The Balaban J connectivity index is 1.36. The van der Waals surface area contributed by atoms with Crippen molar-refractivity contribution in [2.24, 2.45) is 7.05 Å². The second-order valence-corrected chi connectivity index (χ2v) is 9.65. The highest BCUT2D eigenvalue weighted by Gasteiger charge is 2.34. The Hall–Kier alpha value is -4.09. The Labute approximate surface area is 219 Å². The first-order chi connectivity index (χ1) is 18.2. The summed E-state index contributed by atoms with van der Waals surface area (Å²) in [5.41, 5.74) is 4.10. The maximum Gasteiger partial charge on any atom is 0.416 e. The van der Waals surface area contributed by atoms with Crippen LogP contribution in [-0.2, 0) is 19.8 Å². The average molecular weight is 517 g/mol. The maximum absolute atomic E-state index is 13.8. The zero-order valence-corrected chi connectivity index (χ0v) is 21.2. The monoisotopic (exact) mass is 516 g/mol. The van der Waals surface area contributed by atoms with Gasteiger partial charge in [-0.05, 0) is 86.4 Å². The average Bonchev–Trinajstić information content (AvgIpc) is 3.53. The second kappa shape index (κ2) is 10.3. The predicted molar refractivity (Wildman–Crippen MR) is 142 cm³/mol. The van der Waals surface area contributed by atoms with E-state index in [-0.39, 0.29) is 17.8 Å². The Kier molecular flexibility index (Phi) is 6.96. The smallest absolute Gasteiger partial charge is 0.334 e. The maximum atomic E-state index is 13.8. The number of anilines is 1. The van der Waals surface area contributed by atoms with Crippen molar-refractivity contribution in [2.75, 3.05) is 18.4 Å². The van der Waals surface area contributed by atoms with Gasteiger partial charge in [-0.3, -0.25) is 9.69 Å². The highest BCUT2D eigenvalue weighted by Crippen LogP contribution is 2.35. The second-order valence-electron chi connectivity index (χ2n) is 9.65. The number of hydrogen-bond acceptors (Lipinski definition) is 3. The van der Waals surface area contributed by atoms with Crippen LogP contribution in [0.25, 0.3) is 11.0 Å². The summed E-state index contributed by atoms with van der Waals surface area (Å²) >= 11 is 0. The van der Waals surface area contributed by atoms with Crippen LogP contribution >= 0.6 is 0 Å². The number of aryl methyl sites for hydroxylation is 2.